The van der Waals surface area contributed by atoms with Crippen molar-refractivity contribution in [3.63, 3.8) is 0 Å². The minimum atomic E-state index is -1.34. The van der Waals surface area contributed by atoms with Gasteiger partial charge < -0.3 is 30.2 Å². The van der Waals surface area contributed by atoms with Crippen molar-refractivity contribution in [1.29, 1.82) is 0 Å². The number of esters is 1. The van der Waals surface area contributed by atoms with E-state index < -0.39 is 106 Å². The van der Waals surface area contributed by atoms with Crippen LogP contribution in [0.3, 0.4) is 0 Å². The standard InChI is InChI=1S/C47H59N5O15/c1-27-10-13-39-32(24-27)50-46(63)28(2)25-37(55)30(4)48-40(57)18-22-65-20-6-8-35(53)33(51-42(59)14-15-43(51)60)11-12-34(52-44(61)16-17-45(52)62)36(54)9-7-21-66-23-19-41(58)49-31(5)38(56)26-29(3)47(64)67-39/h10,13-17,24,28-31,33-34H,6-9,11-12,18-23,25-26H2,1-5H3,(H,48,57)(H,49,58)(H,50,63). The van der Waals surface area contributed by atoms with Crippen molar-refractivity contribution in [2.24, 2.45) is 11.8 Å². The summed E-state index contributed by atoms with van der Waals surface area (Å²) in [5.74, 6) is -9.13. The molecule has 6 unspecified atom stereocenters. The first-order chi connectivity index (χ1) is 31.8. The second-order valence-corrected chi connectivity index (χ2v) is 16.9. The summed E-state index contributed by atoms with van der Waals surface area (Å²) in [6.45, 7) is 7.53. The highest BCUT2D eigenvalue weighted by atomic mass is 16.5. The molecule has 0 aromatic heterocycles. The highest BCUT2D eigenvalue weighted by Gasteiger charge is 2.40. The van der Waals surface area contributed by atoms with Crippen LogP contribution >= 0.6 is 0 Å². The molecule has 20 heteroatoms. The lowest BCUT2D eigenvalue weighted by molar-refractivity contribution is -0.147. The Labute approximate surface area is 387 Å². The molecule has 1 aromatic carbocycles. The first-order valence-electron chi connectivity index (χ1n) is 22.4. The smallest absolute Gasteiger partial charge is 0.314 e. The topological polar surface area (TPSA) is 275 Å². The summed E-state index contributed by atoms with van der Waals surface area (Å²) in [4.78, 5) is 157. The van der Waals surface area contributed by atoms with Gasteiger partial charge in [-0.1, -0.05) is 19.9 Å². The molecule has 0 saturated carbocycles. The molecule has 20 nitrogen and oxygen atoms in total. The molecule has 362 valence electrons. The Morgan fingerprint density at radius 3 is 1.42 bits per heavy atom. The van der Waals surface area contributed by atoms with Crippen molar-refractivity contribution < 1.29 is 71.7 Å². The number of fused-ring (bicyclic) bond motifs is 1. The molecule has 3 aliphatic rings. The molecule has 0 spiro atoms. The lowest BCUT2D eigenvalue weighted by atomic mass is 9.94. The van der Waals surface area contributed by atoms with E-state index in [1.165, 1.54) is 33.8 Å². The molecule has 1 aromatic rings. The summed E-state index contributed by atoms with van der Waals surface area (Å²) in [6, 6.07) is 0.102. The van der Waals surface area contributed by atoms with E-state index in [1.807, 2.05) is 0 Å². The molecule has 0 bridgehead atoms. The van der Waals surface area contributed by atoms with Crippen LogP contribution in [0, 0.1) is 18.8 Å². The van der Waals surface area contributed by atoms with Gasteiger partial charge in [-0.05, 0) is 64.2 Å². The molecule has 4 rings (SSSR count). The molecule has 3 aliphatic heterocycles. The molecule has 3 N–H and O–H groups in total. The van der Waals surface area contributed by atoms with Crippen molar-refractivity contribution in [2.75, 3.05) is 31.7 Å². The number of hydrogen-bond donors (Lipinski definition) is 3. The molecule has 67 heavy (non-hydrogen) atoms. The van der Waals surface area contributed by atoms with E-state index in [4.69, 9.17) is 14.2 Å². The van der Waals surface area contributed by atoms with E-state index in [2.05, 4.69) is 16.0 Å². The maximum absolute atomic E-state index is 13.6. The fourth-order valence-electron chi connectivity index (χ4n) is 7.40. The SMILES string of the molecule is Cc1ccc2c(c1)NC(=O)C(C)CC(=O)C(C)NC(=O)CCOCCCC(=O)C(N1C(=O)C=CC1=O)CCC(N1C(=O)C=CC1=O)C(=O)CCCOCCC(=O)NC(C)C(=O)CC(C)C(=O)O2. The monoisotopic (exact) mass is 933 g/mol. The van der Waals surface area contributed by atoms with E-state index in [9.17, 15) is 57.5 Å². The number of carbonyl (C=O) groups excluding carboxylic acids is 12. The summed E-state index contributed by atoms with van der Waals surface area (Å²) < 4.78 is 16.7. The lowest BCUT2D eigenvalue weighted by Crippen LogP contribution is -2.48. The van der Waals surface area contributed by atoms with Gasteiger partial charge >= 0.3 is 5.97 Å². The predicted octanol–water partition coefficient (Wildman–Crippen LogP) is 1.93. The van der Waals surface area contributed by atoms with Crippen molar-refractivity contribution in [2.45, 2.75) is 123 Å². The molecule has 0 fully saturated rings. The average Bonchev–Trinajstić information content (AvgIpc) is 3.79. The van der Waals surface area contributed by atoms with Crippen LogP contribution in [-0.2, 0) is 67.0 Å². The number of nitrogens with one attached hydrogen (secondary N) is 3. The summed E-state index contributed by atoms with van der Waals surface area (Å²) in [5, 5.41) is 7.84. The van der Waals surface area contributed by atoms with Crippen molar-refractivity contribution in [1.82, 2.24) is 20.4 Å². The van der Waals surface area contributed by atoms with Crippen LogP contribution in [0.5, 0.6) is 5.75 Å². The maximum Gasteiger partial charge on any atom is 0.314 e. The molecular formula is C47H59N5O15. The Kier molecular flexibility index (Phi) is 20.1. The summed E-state index contributed by atoms with van der Waals surface area (Å²) in [7, 11) is 0. The van der Waals surface area contributed by atoms with Crippen LogP contribution in [0.1, 0.15) is 97.5 Å². The number of Topliss-reactive ketones (excluding diaryl/α,β-unsaturated/α-hetero) is 4. The van der Waals surface area contributed by atoms with Crippen molar-refractivity contribution in [3.8, 4) is 5.75 Å². The Balaban J connectivity index is 1.46. The van der Waals surface area contributed by atoms with Gasteiger partial charge in [-0.25, -0.2) is 0 Å². The van der Waals surface area contributed by atoms with Crippen LogP contribution in [-0.4, -0.2) is 131 Å². The number of nitrogens with zero attached hydrogens (tertiary/aromatic N) is 2. The third-order valence-corrected chi connectivity index (χ3v) is 11.3. The van der Waals surface area contributed by atoms with E-state index >= 15 is 0 Å². The van der Waals surface area contributed by atoms with Gasteiger partial charge in [0, 0.05) is 82.0 Å². The van der Waals surface area contributed by atoms with Gasteiger partial charge in [0.05, 0.1) is 49.0 Å². The second-order valence-electron chi connectivity index (χ2n) is 16.9. The van der Waals surface area contributed by atoms with Gasteiger partial charge in [-0.15, -0.1) is 0 Å². The van der Waals surface area contributed by atoms with Crippen LogP contribution in [0.2, 0.25) is 0 Å². The molecule has 3 heterocycles. The lowest BCUT2D eigenvalue weighted by Gasteiger charge is -2.29. The molecule has 0 saturated heterocycles. The predicted molar refractivity (Wildman–Crippen MR) is 236 cm³/mol. The van der Waals surface area contributed by atoms with Gasteiger partial charge in [0.2, 0.25) is 17.7 Å². The zero-order valence-electron chi connectivity index (χ0n) is 38.4. The third kappa shape index (κ3) is 15.8. The normalized spacial score (nSPS) is 26.6. The van der Waals surface area contributed by atoms with Gasteiger partial charge in [0.25, 0.3) is 23.6 Å². The number of ether oxygens (including phenoxy) is 3. The molecule has 0 aliphatic carbocycles. The number of ketones is 4. The second kappa shape index (κ2) is 25.4. The zero-order chi connectivity index (χ0) is 49.4. The Hall–Kier alpha value is -6.54. The van der Waals surface area contributed by atoms with Crippen LogP contribution in [0.4, 0.5) is 5.69 Å². The molecule has 0 radical (unpaired) electrons. The van der Waals surface area contributed by atoms with E-state index in [-0.39, 0.29) is 102 Å². The number of carbonyl (C=O) groups is 12. The molecule has 7 amide bonds. The first kappa shape index (κ1) is 53.1. The van der Waals surface area contributed by atoms with E-state index in [1.54, 1.807) is 19.1 Å². The van der Waals surface area contributed by atoms with Crippen molar-refractivity contribution in [3.05, 3.63) is 48.1 Å². The minimum absolute atomic E-state index is 0.000495. The Morgan fingerprint density at radius 1 is 0.537 bits per heavy atom. The van der Waals surface area contributed by atoms with Gasteiger partial charge in [-0.3, -0.25) is 67.3 Å². The van der Waals surface area contributed by atoms with Crippen molar-refractivity contribution >= 4 is 76.1 Å². The summed E-state index contributed by atoms with van der Waals surface area (Å²) in [5.41, 5.74) is 0.882. The quantitative estimate of drug-likeness (QED) is 0.217. The Morgan fingerprint density at radius 2 is 0.970 bits per heavy atom. The first-order valence-corrected chi connectivity index (χ1v) is 22.4. The van der Waals surface area contributed by atoms with E-state index in [0.29, 0.717) is 0 Å². The zero-order valence-corrected chi connectivity index (χ0v) is 38.4. The molecule has 6 atom stereocenters. The number of aryl methyl sites for hydroxylation is 1. The number of amides is 7. The highest BCUT2D eigenvalue weighted by Crippen LogP contribution is 2.28. The van der Waals surface area contributed by atoms with E-state index in [0.717, 1.165) is 39.7 Å². The highest BCUT2D eigenvalue weighted by molar-refractivity contribution is 6.16. The average molecular weight is 934 g/mol. The van der Waals surface area contributed by atoms with Gasteiger partial charge in [0.1, 0.15) is 0 Å². The number of hydrogen-bond acceptors (Lipinski definition) is 15. The number of imide groups is 2. The van der Waals surface area contributed by atoms with Gasteiger partial charge in [-0.2, -0.15) is 0 Å². The van der Waals surface area contributed by atoms with Crippen LogP contribution < -0.4 is 20.7 Å². The van der Waals surface area contributed by atoms with Crippen LogP contribution in [0.15, 0.2) is 42.5 Å². The van der Waals surface area contributed by atoms with Gasteiger partial charge in [0.15, 0.2) is 28.9 Å². The third-order valence-electron chi connectivity index (χ3n) is 11.3. The number of anilines is 1. The fraction of sp³-hybridized carbons (Fsp3) is 0.532. The fourth-order valence-corrected chi connectivity index (χ4v) is 7.40. The summed E-state index contributed by atoms with van der Waals surface area (Å²) in [6.07, 6.45) is 2.59. The molecular weight excluding hydrogens is 875 g/mol. The summed E-state index contributed by atoms with van der Waals surface area (Å²) >= 11 is 0. The number of rotatable bonds is 2. The Bertz CT molecular complexity index is 2150. The minimum Gasteiger partial charge on any atom is -0.424 e. The largest absolute Gasteiger partial charge is 0.424 e. The number of benzene rings is 1. The maximum atomic E-state index is 13.6. The van der Waals surface area contributed by atoms with Crippen LogP contribution in [0.25, 0.3) is 0 Å².